The van der Waals surface area contributed by atoms with Gasteiger partial charge in [-0.3, -0.25) is 4.79 Å². The first kappa shape index (κ1) is 21.2. The fraction of sp³-hybridized carbons (Fsp3) is 0.286. The smallest absolute Gasteiger partial charge is 0.191 e. The first-order valence-corrected chi connectivity index (χ1v) is 10.5. The van der Waals surface area contributed by atoms with Gasteiger partial charge in [-0.2, -0.15) is 0 Å². The van der Waals surface area contributed by atoms with Crippen LogP contribution in [-0.4, -0.2) is 30.9 Å². The summed E-state index contributed by atoms with van der Waals surface area (Å²) < 4.78 is 9.63. The summed E-state index contributed by atoms with van der Waals surface area (Å²) in [6.07, 6.45) is 1.83. The Morgan fingerprint density at radius 3 is 2.79 bits per heavy atom. The Morgan fingerprint density at radius 2 is 2.07 bits per heavy atom. The number of carbonyl (C=O) groups excluding carboxylic acids is 1. The quantitative estimate of drug-likeness (QED) is 0.281. The number of ether oxygens (including phenoxy) is 1. The largest absolute Gasteiger partial charge is 0.484 e. The second-order valence-electron chi connectivity index (χ2n) is 6.57. The minimum atomic E-state index is 0.0651. The van der Waals surface area contributed by atoms with E-state index >= 15 is 0 Å². The summed E-state index contributed by atoms with van der Waals surface area (Å²) in [6, 6.07) is 9.21. The van der Waals surface area contributed by atoms with Gasteiger partial charge >= 0.3 is 0 Å². The van der Waals surface area contributed by atoms with Crippen molar-refractivity contribution >= 4 is 29.1 Å². The number of aromatic nitrogens is 4. The molecule has 0 aliphatic carbocycles. The van der Waals surface area contributed by atoms with Crippen molar-refractivity contribution in [1.29, 1.82) is 0 Å². The predicted molar refractivity (Wildman–Crippen MR) is 116 cm³/mol. The molecule has 3 aromatic rings. The van der Waals surface area contributed by atoms with E-state index in [1.165, 1.54) is 11.8 Å². The number of hydrogen-bond donors (Lipinski definition) is 0. The number of allylic oxidation sites excluding steroid dienone is 1. The number of halogens is 1. The van der Waals surface area contributed by atoms with Crippen molar-refractivity contribution in [2.75, 3.05) is 5.75 Å². The van der Waals surface area contributed by atoms with Gasteiger partial charge in [0.25, 0.3) is 0 Å². The van der Waals surface area contributed by atoms with Gasteiger partial charge in [0.15, 0.2) is 16.8 Å². The molecule has 8 heteroatoms. The van der Waals surface area contributed by atoms with Crippen LogP contribution >= 0.6 is 23.4 Å². The Hall–Kier alpha value is -2.51. The summed E-state index contributed by atoms with van der Waals surface area (Å²) in [6.45, 7) is 8.66. The molecule has 0 spiro atoms. The molecule has 2 aromatic heterocycles. The lowest BCUT2D eigenvalue weighted by Gasteiger charge is -2.08. The highest BCUT2D eigenvalue weighted by molar-refractivity contribution is 7.99. The van der Waals surface area contributed by atoms with Crippen molar-refractivity contribution in [3.05, 3.63) is 70.8 Å². The van der Waals surface area contributed by atoms with Gasteiger partial charge in [0, 0.05) is 30.5 Å². The fourth-order valence-corrected chi connectivity index (χ4v) is 4.01. The van der Waals surface area contributed by atoms with Crippen LogP contribution in [0, 0.1) is 13.8 Å². The summed E-state index contributed by atoms with van der Waals surface area (Å²) in [7, 11) is 1.86. The molecule has 1 aromatic carbocycles. The highest BCUT2D eigenvalue weighted by Crippen LogP contribution is 2.25. The van der Waals surface area contributed by atoms with Crippen LogP contribution in [0.15, 0.2) is 48.1 Å². The van der Waals surface area contributed by atoms with Crippen LogP contribution in [0.5, 0.6) is 5.75 Å². The molecule has 6 nitrogen and oxygen atoms in total. The van der Waals surface area contributed by atoms with E-state index in [1.807, 2.05) is 49.7 Å². The maximum absolute atomic E-state index is 12.7. The number of hydrogen-bond acceptors (Lipinski definition) is 5. The monoisotopic (exact) mass is 430 g/mol. The Morgan fingerprint density at radius 1 is 1.31 bits per heavy atom. The molecule has 0 saturated carbocycles. The van der Waals surface area contributed by atoms with Crippen molar-refractivity contribution in [2.45, 2.75) is 32.2 Å². The summed E-state index contributed by atoms with van der Waals surface area (Å²) in [5, 5.41) is 9.56. The summed E-state index contributed by atoms with van der Waals surface area (Å²) >= 11 is 7.47. The molecule has 0 radical (unpaired) electrons. The highest BCUT2D eigenvalue weighted by atomic mass is 35.5. The lowest BCUT2D eigenvalue weighted by atomic mass is 10.2. The maximum atomic E-state index is 12.7. The van der Waals surface area contributed by atoms with Crippen molar-refractivity contribution in [2.24, 2.45) is 7.05 Å². The normalized spacial score (nSPS) is 10.9. The molecule has 0 amide bonds. The third-order valence-electron chi connectivity index (χ3n) is 4.64. The van der Waals surface area contributed by atoms with E-state index in [-0.39, 0.29) is 18.1 Å². The minimum Gasteiger partial charge on any atom is -0.484 e. The SMILES string of the molecule is C=CCn1c(C)cc(C(=O)CSc2nnc(COc3ccccc3Cl)n2C)c1C. The molecule has 0 fully saturated rings. The van der Waals surface area contributed by atoms with Crippen LogP contribution in [0.1, 0.15) is 27.6 Å². The molecule has 2 heterocycles. The van der Waals surface area contributed by atoms with E-state index < -0.39 is 0 Å². The van der Waals surface area contributed by atoms with E-state index in [2.05, 4.69) is 21.3 Å². The van der Waals surface area contributed by atoms with E-state index in [0.29, 0.717) is 28.3 Å². The molecule has 152 valence electrons. The van der Waals surface area contributed by atoms with Crippen LogP contribution in [0.2, 0.25) is 5.02 Å². The minimum absolute atomic E-state index is 0.0651. The first-order valence-electron chi connectivity index (χ1n) is 9.11. The summed E-state index contributed by atoms with van der Waals surface area (Å²) in [4.78, 5) is 12.7. The van der Waals surface area contributed by atoms with Crippen molar-refractivity contribution in [1.82, 2.24) is 19.3 Å². The van der Waals surface area contributed by atoms with Gasteiger partial charge in [-0.15, -0.1) is 16.8 Å². The number of rotatable bonds is 9. The lowest BCUT2D eigenvalue weighted by molar-refractivity contribution is 0.102. The zero-order valence-corrected chi connectivity index (χ0v) is 18.3. The number of thioether (sulfide) groups is 1. The zero-order chi connectivity index (χ0) is 21.0. The zero-order valence-electron chi connectivity index (χ0n) is 16.7. The Balaban J connectivity index is 1.63. The predicted octanol–water partition coefficient (Wildman–Crippen LogP) is 4.63. The number of benzene rings is 1. The molecule has 29 heavy (non-hydrogen) atoms. The van der Waals surface area contributed by atoms with E-state index in [1.54, 1.807) is 12.1 Å². The average molecular weight is 431 g/mol. The Kier molecular flexibility index (Phi) is 6.82. The van der Waals surface area contributed by atoms with E-state index in [0.717, 1.165) is 17.0 Å². The number of nitrogens with zero attached hydrogens (tertiary/aromatic N) is 4. The van der Waals surface area contributed by atoms with Crippen LogP contribution in [0.25, 0.3) is 0 Å². The first-order chi connectivity index (χ1) is 13.9. The van der Waals surface area contributed by atoms with Gasteiger partial charge in [0.2, 0.25) is 0 Å². The molecule has 0 bridgehead atoms. The van der Waals surface area contributed by atoms with Crippen LogP contribution in [0.4, 0.5) is 0 Å². The van der Waals surface area contributed by atoms with Crippen molar-refractivity contribution in [3.63, 3.8) is 0 Å². The molecule has 0 N–H and O–H groups in total. The van der Waals surface area contributed by atoms with Crippen molar-refractivity contribution in [3.8, 4) is 5.75 Å². The third-order valence-corrected chi connectivity index (χ3v) is 5.97. The number of ketones is 1. The van der Waals surface area contributed by atoms with Crippen LogP contribution < -0.4 is 4.74 Å². The van der Waals surface area contributed by atoms with Gasteiger partial charge in [-0.05, 0) is 32.0 Å². The molecule has 3 rings (SSSR count). The summed E-state index contributed by atoms with van der Waals surface area (Å²) in [5.41, 5.74) is 2.74. The van der Waals surface area contributed by atoms with Gasteiger partial charge in [0.1, 0.15) is 12.4 Å². The number of para-hydroxylation sites is 1. The number of Topliss-reactive ketones (excluding diaryl/α,β-unsaturated/α-hetero) is 1. The second-order valence-corrected chi connectivity index (χ2v) is 7.92. The molecular formula is C21H23ClN4O2S. The third kappa shape index (κ3) is 4.74. The van der Waals surface area contributed by atoms with Gasteiger partial charge in [-0.25, -0.2) is 0 Å². The summed E-state index contributed by atoms with van der Waals surface area (Å²) in [5.74, 6) is 1.60. The fourth-order valence-electron chi connectivity index (χ4n) is 3.00. The van der Waals surface area contributed by atoms with Gasteiger partial charge in [-0.1, -0.05) is 41.6 Å². The van der Waals surface area contributed by atoms with E-state index in [4.69, 9.17) is 16.3 Å². The Labute approximate surface area is 179 Å². The number of carbonyl (C=O) groups is 1. The standard InChI is InChI=1S/C21H23ClN4O2S/c1-5-10-26-14(2)11-16(15(26)3)18(27)13-29-21-24-23-20(25(21)4)12-28-19-9-7-6-8-17(19)22/h5-9,11H,1,10,12-13H2,2-4H3. The van der Waals surface area contributed by atoms with Gasteiger partial charge in [0.05, 0.1) is 10.8 Å². The maximum Gasteiger partial charge on any atom is 0.191 e. The molecule has 0 atom stereocenters. The molecular weight excluding hydrogens is 408 g/mol. The second kappa shape index (κ2) is 9.33. The topological polar surface area (TPSA) is 61.9 Å². The molecule has 0 aliphatic heterocycles. The number of aryl methyl sites for hydroxylation is 1. The Bertz CT molecular complexity index is 1040. The van der Waals surface area contributed by atoms with Crippen LogP contribution in [-0.2, 0) is 20.2 Å². The highest BCUT2D eigenvalue weighted by Gasteiger charge is 2.17. The average Bonchev–Trinajstić information content (AvgIpc) is 3.20. The molecule has 0 aliphatic rings. The van der Waals surface area contributed by atoms with Crippen LogP contribution in [0.3, 0.4) is 0 Å². The van der Waals surface area contributed by atoms with E-state index in [9.17, 15) is 4.79 Å². The molecule has 0 unspecified atom stereocenters. The molecule has 0 saturated heterocycles. The van der Waals surface area contributed by atoms with Crippen molar-refractivity contribution < 1.29 is 9.53 Å². The van der Waals surface area contributed by atoms with Gasteiger partial charge < -0.3 is 13.9 Å². The lowest BCUT2D eigenvalue weighted by Crippen LogP contribution is -2.07.